The standard InChI is InChI=1S/C12H19ClN4O/c1-12(2,17(3)4)7-16-11(18)8-5-10(14)15-6-9(8)13/h5-6H,7H2,1-4H3,(H2,14,15)(H,16,18). The van der Waals surface area contributed by atoms with Gasteiger partial charge in [0.2, 0.25) is 0 Å². The highest BCUT2D eigenvalue weighted by Crippen LogP contribution is 2.17. The van der Waals surface area contributed by atoms with Crippen LogP contribution < -0.4 is 11.1 Å². The molecule has 0 aromatic carbocycles. The van der Waals surface area contributed by atoms with Crippen LogP contribution in [0.1, 0.15) is 24.2 Å². The van der Waals surface area contributed by atoms with E-state index in [-0.39, 0.29) is 17.3 Å². The summed E-state index contributed by atoms with van der Waals surface area (Å²) in [6, 6.07) is 1.47. The van der Waals surface area contributed by atoms with E-state index in [4.69, 9.17) is 17.3 Å². The fourth-order valence-electron chi connectivity index (χ4n) is 1.18. The first kappa shape index (κ1) is 14.7. The summed E-state index contributed by atoms with van der Waals surface area (Å²) in [6.07, 6.45) is 1.38. The van der Waals surface area contributed by atoms with Crippen molar-refractivity contribution in [2.75, 3.05) is 26.4 Å². The first-order valence-corrected chi connectivity index (χ1v) is 5.98. The van der Waals surface area contributed by atoms with Crippen molar-refractivity contribution in [1.82, 2.24) is 15.2 Å². The maximum atomic E-state index is 12.0. The lowest BCUT2D eigenvalue weighted by atomic mass is 10.0. The number of nitrogen functional groups attached to an aromatic ring is 1. The Morgan fingerprint density at radius 1 is 1.56 bits per heavy atom. The van der Waals surface area contributed by atoms with E-state index >= 15 is 0 Å². The zero-order valence-electron chi connectivity index (χ0n) is 11.1. The summed E-state index contributed by atoms with van der Waals surface area (Å²) in [7, 11) is 3.92. The number of nitrogens with two attached hydrogens (primary N) is 1. The number of pyridine rings is 1. The first-order chi connectivity index (χ1) is 8.24. The van der Waals surface area contributed by atoms with E-state index in [9.17, 15) is 4.79 Å². The third kappa shape index (κ3) is 3.58. The minimum absolute atomic E-state index is 0.138. The number of aromatic nitrogens is 1. The Labute approximate surface area is 112 Å². The van der Waals surface area contributed by atoms with Gasteiger partial charge in [-0.3, -0.25) is 4.79 Å². The van der Waals surface area contributed by atoms with Crippen molar-refractivity contribution < 1.29 is 4.79 Å². The predicted octanol–water partition coefficient (Wildman–Crippen LogP) is 1.39. The summed E-state index contributed by atoms with van der Waals surface area (Å²) in [5.41, 5.74) is 5.75. The zero-order chi connectivity index (χ0) is 13.9. The highest BCUT2D eigenvalue weighted by Gasteiger charge is 2.22. The minimum Gasteiger partial charge on any atom is -0.384 e. The van der Waals surface area contributed by atoms with Gasteiger partial charge in [-0.05, 0) is 34.0 Å². The molecule has 100 valence electrons. The molecule has 1 heterocycles. The molecular weight excluding hydrogens is 252 g/mol. The van der Waals surface area contributed by atoms with Gasteiger partial charge in [0.05, 0.1) is 10.6 Å². The molecule has 0 aliphatic rings. The van der Waals surface area contributed by atoms with Crippen LogP contribution in [-0.4, -0.2) is 42.0 Å². The number of likely N-dealkylation sites (N-methyl/N-ethyl adjacent to an activating group) is 1. The number of rotatable bonds is 4. The van der Waals surface area contributed by atoms with E-state index in [1.165, 1.54) is 12.3 Å². The van der Waals surface area contributed by atoms with E-state index in [1.54, 1.807) is 0 Å². The Hall–Kier alpha value is -1.33. The molecule has 1 rings (SSSR count). The zero-order valence-corrected chi connectivity index (χ0v) is 11.9. The topological polar surface area (TPSA) is 71.2 Å². The van der Waals surface area contributed by atoms with Gasteiger partial charge in [0.1, 0.15) is 5.82 Å². The third-order valence-electron chi connectivity index (χ3n) is 3.01. The van der Waals surface area contributed by atoms with Crippen LogP contribution in [0, 0.1) is 0 Å². The van der Waals surface area contributed by atoms with Crippen LogP contribution in [0.3, 0.4) is 0 Å². The van der Waals surface area contributed by atoms with Crippen molar-refractivity contribution in [2.45, 2.75) is 19.4 Å². The maximum absolute atomic E-state index is 12.0. The van der Waals surface area contributed by atoms with Gasteiger partial charge in [-0.1, -0.05) is 11.6 Å². The number of amides is 1. The van der Waals surface area contributed by atoms with Crippen LogP contribution >= 0.6 is 11.6 Å². The van der Waals surface area contributed by atoms with Gasteiger partial charge >= 0.3 is 0 Å². The molecule has 1 amide bonds. The summed E-state index contributed by atoms with van der Waals surface area (Å²) in [6.45, 7) is 4.59. The Bertz CT molecular complexity index is 446. The van der Waals surface area contributed by atoms with Crippen LogP contribution in [0.5, 0.6) is 0 Å². The van der Waals surface area contributed by atoms with Gasteiger partial charge in [-0.25, -0.2) is 4.98 Å². The Balaban J connectivity index is 2.75. The van der Waals surface area contributed by atoms with Gasteiger partial charge in [-0.15, -0.1) is 0 Å². The molecule has 0 atom stereocenters. The number of carbonyl (C=O) groups excluding carboxylic acids is 1. The van der Waals surface area contributed by atoms with Gasteiger partial charge in [0, 0.05) is 18.3 Å². The molecule has 0 unspecified atom stereocenters. The normalized spacial score (nSPS) is 11.7. The van der Waals surface area contributed by atoms with Crippen LogP contribution in [-0.2, 0) is 0 Å². The Morgan fingerprint density at radius 2 is 2.17 bits per heavy atom. The molecule has 18 heavy (non-hydrogen) atoms. The molecule has 3 N–H and O–H groups in total. The lowest BCUT2D eigenvalue weighted by Gasteiger charge is -2.32. The molecule has 1 aromatic heterocycles. The Morgan fingerprint density at radius 3 is 2.72 bits per heavy atom. The average Bonchev–Trinajstić information content (AvgIpc) is 2.29. The summed E-state index contributed by atoms with van der Waals surface area (Å²) in [5.74, 6) is 0.0282. The second-order valence-corrected chi connectivity index (χ2v) is 5.39. The van der Waals surface area contributed by atoms with Crippen LogP contribution in [0.4, 0.5) is 5.82 Å². The molecule has 0 spiro atoms. The largest absolute Gasteiger partial charge is 0.384 e. The van der Waals surface area contributed by atoms with E-state index in [1.807, 2.05) is 32.8 Å². The highest BCUT2D eigenvalue weighted by molar-refractivity contribution is 6.33. The third-order valence-corrected chi connectivity index (χ3v) is 3.31. The number of hydrogen-bond donors (Lipinski definition) is 2. The lowest BCUT2D eigenvalue weighted by Crippen LogP contribution is -2.48. The molecule has 0 radical (unpaired) electrons. The van der Waals surface area contributed by atoms with Crippen molar-refractivity contribution in [2.24, 2.45) is 0 Å². The van der Waals surface area contributed by atoms with Crippen molar-refractivity contribution in [3.05, 3.63) is 22.8 Å². The number of halogens is 1. The van der Waals surface area contributed by atoms with E-state index < -0.39 is 0 Å². The fraction of sp³-hybridized carbons (Fsp3) is 0.500. The quantitative estimate of drug-likeness (QED) is 0.867. The molecule has 0 aliphatic heterocycles. The Kier molecular flexibility index (Phi) is 4.53. The van der Waals surface area contributed by atoms with Gasteiger partial charge in [0.25, 0.3) is 5.91 Å². The number of hydrogen-bond acceptors (Lipinski definition) is 4. The number of anilines is 1. The number of nitrogens with zero attached hydrogens (tertiary/aromatic N) is 2. The van der Waals surface area contributed by atoms with Crippen molar-refractivity contribution >= 4 is 23.3 Å². The number of carbonyl (C=O) groups is 1. The van der Waals surface area contributed by atoms with Crippen LogP contribution in [0.25, 0.3) is 0 Å². The average molecular weight is 271 g/mol. The van der Waals surface area contributed by atoms with Gasteiger partial charge in [-0.2, -0.15) is 0 Å². The highest BCUT2D eigenvalue weighted by atomic mass is 35.5. The van der Waals surface area contributed by atoms with Crippen LogP contribution in [0.2, 0.25) is 5.02 Å². The predicted molar refractivity (Wildman–Crippen MR) is 73.8 cm³/mol. The minimum atomic E-state index is -0.246. The fourth-order valence-corrected chi connectivity index (χ4v) is 1.37. The molecule has 0 fully saturated rings. The molecule has 5 nitrogen and oxygen atoms in total. The SMILES string of the molecule is CN(C)C(C)(C)CNC(=O)c1cc(N)ncc1Cl. The van der Waals surface area contributed by atoms with Crippen molar-refractivity contribution in [1.29, 1.82) is 0 Å². The van der Waals surface area contributed by atoms with Crippen molar-refractivity contribution in [3.63, 3.8) is 0 Å². The molecule has 0 saturated heterocycles. The van der Waals surface area contributed by atoms with Gasteiger partial charge in [0.15, 0.2) is 0 Å². The number of nitrogens with one attached hydrogen (secondary N) is 1. The molecule has 0 saturated carbocycles. The maximum Gasteiger partial charge on any atom is 0.253 e. The summed E-state index contributed by atoms with van der Waals surface area (Å²) >= 11 is 5.91. The second-order valence-electron chi connectivity index (χ2n) is 4.98. The summed E-state index contributed by atoms with van der Waals surface area (Å²) in [4.78, 5) is 17.8. The molecular formula is C12H19ClN4O. The molecule has 1 aromatic rings. The van der Waals surface area contributed by atoms with E-state index in [0.717, 1.165) is 0 Å². The molecule has 0 aliphatic carbocycles. The monoisotopic (exact) mass is 270 g/mol. The molecule has 0 bridgehead atoms. The van der Waals surface area contributed by atoms with Gasteiger partial charge < -0.3 is 16.0 Å². The van der Waals surface area contributed by atoms with E-state index in [2.05, 4.69) is 10.3 Å². The summed E-state index contributed by atoms with van der Waals surface area (Å²) < 4.78 is 0. The lowest BCUT2D eigenvalue weighted by molar-refractivity contribution is 0.0920. The summed E-state index contributed by atoms with van der Waals surface area (Å²) in [5, 5.41) is 3.14. The van der Waals surface area contributed by atoms with Crippen LogP contribution in [0.15, 0.2) is 12.3 Å². The van der Waals surface area contributed by atoms with E-state index in [0.29, 0.717) is 17.1 Å². The molecule has 6 heteroatoms. The first-order valence-electron chi connectivity index (χ1n) is 5.60. The smallest absolute Gasteiger partial charge is 0.253 e. The van der Waals surface area contributed by atoms with Crippen molar-refractivity contribution in [3.8, 4) is 0 Å². The second kappa shape index (κ2) is 5.54.